The van der Waals surface area contributed by atoms with Gasteiger partial charge in [0.25, 0.3) is 0 Å². The molecular formula is C19H32BNO4. The Morgan fingerprint density at radius 1 is 1.20 bits per heavy atom. The summed E-state index contributed by atoms with van der Waals surface area (Å²) in [5.41, 5.74) is 0.0283. The Balaban J connectivity index is 1.79. The quantitative estimate of drug-likeness (QED) is 0.669. The molecule has 0 radical (unpaired) electrons. The van der Waals surface area contributed by atoms with Crippen molar-refractivity contribution in [3.63, 3.8) is 0 Å². The molecule has 2 atom stereocenters. The van der Waals surface area contributed by atoms with Crippen molar-refractivity contribution in [2.24, 2.45) is 0 Å². The SMILES string of the molecule is CC(C)(C)OC(=O)N1[C@@H]2CCC[C@H]1C=C(B1OC(C)(C)C(C)(C)O1)C2. The van der Waals surface area contributed by atoms with E-state index in [4.69, 9.17) is 14.0 Å². The molecule has 0 aromatic heterocycles. The molecule has 3 rings (SSSR count). The molecule has 25 heavy (non-hydrogen) atoms. The minimum Gasteiger partial charge on any atom is -0.444 e. The second-order valence-corrected chi connectivity index (χ2v) is 9.57. The lowest BCUT2D eigenvalue weighted by molar-refractivity contribution is -0.00127. The molecule has 0 aromatic carbocycles. The second kappa shape index (κ2) is 6.02. The summed E-state index contributed by atoms with van der Waals surface area (Å²) in [6.07, 6.45) is 5.90. The number of ether oxygens (including phenoxy) is 1. The summed E-state index contributed by atoms with van der Waals surface area (Å²) in [7, 11) is -0.311. The summed E-state index contributed by atoms with van der Waals surface area (Å²) in [5.74, 6) is 0. The molecule has 0 aliphatic carbocycles. The molecule has 0 aromatic rings. The number of carbonyl (C=O) groups excluding carboxylic acids is 1. The third kappa shape index (κ3) is 3.61. The van der Waals surface area contributed by atoms with Crippen molar-refractivity contribution in [3.05, 3.63) is 11.5 Å². The summed E-state index contributed by atoms with van der Waals surface area (Å²) >= 11 is 0. The molecule has 2 fully saturated rings. The third-order valence-electron chi connectivity index (χ3n) is 5.83. The van der Waals surface area contributed by atoms with Gasteiger partial charge < -0.3 is 14.0 Å². The van der Waals surface area contributed by atoms with E-state index in [0.29, 0.717) is 0 Å². The average Bonchev–Trinajstić information content (AvgIpc) is 2.64. The molecule has 2 bridgehead atoms. The van der Waals surface area contributed by atoms with Gasteiger partial charge >= 0.3 is 13.2 Å². The molecule has 1 amide bonds. The van der Waals surface area contributed by atoms with Gasteiger partial charge in [-0.05, 0) is 79.6 Å². The van der Waals surface area contributed by atoms with Crippen LogP contribution < -0.4 is 0 Å². The molecule has 0 saturated carbocycles. The van der Waals surface area contributed by atoms with E-state index >= 15 is 0 Å². The predicted octanol–water partition coefficient (Wildman–Crippen LogP) is 4.11. The molecule has 3 heterocycles. The Labute approximate surface area is 152 Å². The number of rotatable bonds is 1. The number of piperidine rings is 1. The number of amides is 1. The van der Waals surface area contributed by atoms with E-state index < -0.39 is 5.60 Å². The van der Waals surface area contributed by atoms with Crippen LogP contribution in [0, 0.1) is 0 Å². The van der Waals surface area contributed by atoms with Crippen LogP contribution in [-0.2, 0) is 14.0 Å². The van der Waals surface area contributed by atoms with Gasteiger partial charge in [-0.25, -0.2) is 4.79 Å². The molecule has 5 nitrogen and oxygen atoms in total. The average molecular weight is 349 g/mol. The van der Waals surface area contributed by atoms with Crippen molar-refractivity contribution >= 4 is 13.2 Å². The van der Waals surface area contributed by atoms with Crippen LogP contribution in [0.15, 0.2) is 11.5 Å². The fourth-order valence-electron chi connectivity index (χ4n) is 3.83. The third-order valence-corrected chi connectivity index (χ3v) is 5.83. The highest BCUT2D eigenvalue weighted by atomic mass is 16.7. The molecule has 3 aliphatic rings. The van der Waals surface area contributed by atoms with Gasteiger partial charge in [-0.3, -0.25) is 4.90 Å². The van der Waals surface area contributed by atoms with Crippen molar-refractivity contribution < 1.29 is 18.8 Å². The van der Waals surface area contributed by atoms with Gasteiger partial charge in [0.05, 0.1) is 17.2 Å². The van der Waals surface area contributed by atoms with E-state index in [1.54, 1.807) is 0 Å². The Morgan fingerprint density at radius 2 is 1.80 bits per heavy atom. The highest BCUT2D eigenvalue weighted by molar-refractivity contribution is 6.54. The van der Waals surface area contributed by atoms with Crippen molar-refractivity contribution in [2.45, 2.75) is 103 Å². The Bertz CT molecular complexity index is 562. The van der Waals surface area contributed by atoms with Crippen LogP contribution in [0.5, 0.6) is 0 Å². The highest BCUT2D eigenvalue weighted by Gasteiger charge is 2.54. The maximum absolute atomic E-state index is 12.7. The van der Waals surface area contributed by atoms with Crippen molar-refractivity contribution in [1.29, 1.82) is 0 Å². The standard InChI is InChI=1S/C19H32BNO4/c1-17(2,3)23-16(22)21-14-9-8-10-15(21)12-13(11-14)20-24-18(4,5)19(6,7)25-20/h11,14-15H,8-10,12H2,1-7H3/t14-,15+/m0/s1. The van der Waals surface area contributed by atoms with E-state index in [0.717, 1.165) is 25.7 Å². The maximum Gasteiger partial charge on any atom is 0.490 e. The fraction of sp³-hybridized carbons (Fsp3) is 0.842. The van der Waals surface area contributed by atoms with Crippen molar-refractivity contribution in [1.82, 2.24) is 4.90 Å². The largest absolute Gasteiger partial charge is 0.490 e. The molecule has 6 heteroatoms. The van der Waals surface area contributed by atoms with Gasteiger partial charge in [0.1, 0.15) is 5.60 Å². The monoisotopic (exact) mass is 349 g/mol. The lowest BCUT2D eigenvalue weighted by Gasteiger charge is -2.45. The molecule has 0 unspecified atom stereocenters. The number of carbonyl (C=O) groups is 1. The molecule has 140 valence electrons. The number of hydrogen-bond acceptors (Lipinski definition) is 4. The highest BCUT2D eigenvalue weighted by Crippen LogP contribution is 2.42. The summed E-state index contributed by atoms with van der Waals surface area (Å²) in [6.45, 7) is 14.0. The summed E-state index contributed by atoms with van der Waals surface area (Å²) < 4.78 is 18.1. The zero-order chi connectivity index (χ0) is 18.6. The minimum absolute atomic E-state index is 0.0800. The van der Waals surface area contributed by atoms with Crippen LogP contribution in [-0.4, -0.2) is 47.0 Å². The Kier molecular flexibility index (Phi) is 4.52. The van der Waals surface area contributed by atoms with Crippen LogP contribution in [0.2, 0.25) is 0 Å². The number of hydrogen-bond donors (Lipinski definition) is 0. The normalized spacial score (nSPS) is 30.9. The summed E-state index contributed by atoms with van der Waals surface area (Å²) in [4.78, 5) is 14.6. The van der Waals surface area contributed by atoms with Crippen molar-refractivity contribution in [3.8, 4) is 0 Å². The van der Waals surface area contributed by atoms with Gasteiger partial charge in [0.2, 0.25) is 0 Å². The zero-order valence-corrected chi connectivity index (χ0v) is 16.7. The van der Waals surface area contributed by atoms with E-state index in [1.165, 1.54) is 5.47 Å². The number of fused-ring (bicyclic) bond motifs is 2. The van der Waals surface area contributed by atoms with Crippen LogP contribution in [0.3, 0.4) is 0 Å². The van der Waals surface area contributed by atoms with Gasteiger partial charge in [-0.2, -0.15) is 0 Å². The lowest BCUT2D eigenvalue weighted by Crippen LogP contribution is -2.54. The van der Waals surface area contributed by atoms with E-state index in [9.17, 15) is 4.79 Å². The molecule has 0 spiro atoms. The number of nitrogens with zero attached hydrogens (tertiary/aromatic N) is 1. The minimum atomic E-state index is -0.471. The van der Waals surface area contributed by atoms with Gasteiger partial charge in [-0.15, -0.1) is 0 Å². The fourth-order valence-corrected chi connectivity index (χ4v) is 3.83. The van der Waals surface area contributed by atoms with Gasteiger partial charge in [0, 0.05) is 6.04 Å². The van der Waals surface area contributed by atoms with E-state index in [2.05, 4.69) is 33.8 Å². The first-order valence-electron chi connectivity index (χ1n) is 9.47. The smallest absolute Gasteiger partial charge is 0.444 e. The Morgan fingerprint density at radius 3 is 2.32 bits per heavy atom. The maximum atomic E-state index is 12.7. The topological polar surface area (TPSA) is 48.0 Å². The molecule has 3 aliphatic heterocycles. The molecule has 0 N–H and O–H groups in total. The van der Waals surface area contributed by atoms with Crippen LogP contribution in [0.25, 0.3) is 0 Å². The summed E-state index contributed by atoms with van der Waals surface area (Å²) in [5, 5.41) is 0. The first-order chi connectivity index (χ1) is 11.4. The Hall–Kier alpha value is -1.01. The first-order valence-corrected chi connectivity index (χ1v) is 9.47. The van der Waals surface area contributed by atoms with Crippen molar-refractivity contribution in [2.75, 3.05) is 0 Å². The van der Waals surface area contributed by atoms with E-state index in [-0.39, 0.29) is 36.5 Å². The molecular weight excluding hydrogens is 317 g/mol. The predicted molar refractivity (Wildman–Crippen MR) is 98.3 cm³/mol. The van der Waals surface area contributed by atoms with Crippen LogP contribution >= 0.6 is 0 Å². The lowest BCUT2D eigenvalue weighted by atomic mass is 9.69. The molecule has 2 saturated heterocycles. The van der Waals surface area contributed by atoms with Gasteiger partial charge in [-0.1, -0.05) is 6.08 Å². The van der Waals surface area contributed by atoms with Crippen LogP contribution in [0.4, 0.5) is 4.79 Å². The van der Waals surface area contributed by atoms with Crippen LogP contribution in [0.1, 0.15) is 74.1 Å². The first kappa shape index (κ1) is 18.8. The van der Waals surface area contributed by atoms with E-state index in [1.807, 2.05) is 25.7 Å². The zero-order valence-electron chi connectivity index (χ0n) is 16.7. The second-order valence-electron chi connectivity index (χ2n) is 9.57. The summed E-state index contributed by atoms with van der Waals surface area (Å²) in [6, 6.07) is 0.254. The van der Waals surface area contributed by atoms with Gasteiger partial charge in [0.15, 0.2) is 0 Å².